The molecule has 0 amide bonds. The lowest BCUT2D eigenvalue weighted by atomic mass is 9.99. The highest BCUT2D eigenvalue weighted by molar-refractivity contribution is 8.03. The molecule has 0 atom stereocenters. The number of allylic oxidation sites excluding steroid dienone is 4. The first kappa shape index (κ1) is 16.2. The van der Waals surface area contributed by atoms with Crippen LogP contribution in [0.4, 0.5) is 0 Å². The Bertz CT molecular complexity index is 1240. The van der Waals surface area contributed by atoms with Crippen molar-refractivity contribution in [3.63, 3.8) is 0 Å². The van der Waals surface area contributed by atoms with Crippen LogP contribution in [0.2, 0.25) is 0 Å². The normalized spacial score (nSPS) is 16.5. The van der Waals surface area contributed by atoms with E-state index in [0.717, 1.165) is 11.3 Å². The minimum Gasteiger partial charge on any atom is -0.355 e. The van der Waals surface area contributed by atoms with Crippen LogP contribution in [0, 0.1) is 0 Å². The number of aromatic nitrogens is 1. The Kier molecular flexibility index (Phi) is 3.99. The van der Waals surface area contributed by atoms with E-state index in [1.54, 1.807) is 11.8 Å². The number of aromatic amines is 1. The highest BCUT2D eigenvalue weighted by Crippen LogP contribution is 2.40. The van der Waals surface area contributed by atoms with Crippen molar-refractivity contribution in [2.45, 2.75) is 11.3 Å². The van der Waals surface area contributed by atoms with Crippen molar-refractivity contribution >= 4 is 33.6 Å². The lowest BCUT2D eigenvalue weighted by Crippen LogP contribution is -1.90. The molecule has 0 fully saturated rings. The Morgan fingerprint density at radius 2 is 1.74 bits per heavy atom. The molecule has 0 aliphatic carbocycles. The highest BCUT2D eigenvalue weighted by Gasteiger charge is 2.13. The number of benzene rings is 3. The summed E-state index contributed by atoms with van der Waals surface area (Å²) in [7, 11) is 0. The maximum atomic E-state index is 4.21. The molecule has 0 unspecified atom stereocenters. The van der Waals surface area contributed by atoms with Gasteiger partial charge in [-0.3, -0.25) is 0 Å². The largest absolute Gasteiger partial charge is 0.355 e. The molecule has 0 spiro atoms. The zero-order chi connectivity index (χ0) is 18.2. The SMILES string of the molecule is C=C1/C=C\C=C/Cc2cccc(-c3ccc4[nH]c5ccccc5c4c3)c2S1. The molecule has 1 N–H and O–H groups in total. The Hall–Kier alpha value is -2.97. The lowest BCUT2D eigenvalue weighted by Gasteiger charge is -2.14. The minimum absolute atomic E-state index is 0.934. The molecule has 3 aromatic carbocycles. The van der Waals surface area contributed by atoms with Crippen molar-refractivity contribution in [2.24, 2.45) is 0 Å². The van der Waals surface area contributed by atoms with Crippen molar-refractivity contribution in [3.8, 4) is 11.1 Å². The second kappa shape index (κ2) is 6.64. The number of nitrogens with one attached hydrogen (secondary N) is 1. The summed E-state index contributed by atoms with van der Waals surface area (Å²) in [6.45, 7) is 4.21. The first-order valence-electron chi connectivity index (χ1n) is 9.12. The molecule has 5 rings (SSSR count). The van der Waals surface area contributed by atoms with Crippen LogP contribution in [0.3, 0.4) is 0 Å². The molecule has 0 bridgehead atoms. The Morgan fingerprint density at radius 3 is 2.70 bits per heavy atom. The quantitative estimate of drug-likeness (QED) is 0.375. The first-order valence-corrected chi connectivity index (χ1v) is 9.94. The van der Waals surface area contributed by atoms with Crippen LogP contribution >= 0.6 is 11.8 Å². The molecule has 130 valence electrons. The molecule has 4 aromatic rings. The van der Waals surface area contributed by atoms with Crippen molar-refractivity contribution < 1.29 is 0 Å². The predicted molar refractivity (Wildman–Crippen MR) is 118 cm³/mol. The monoisotopic (exact) mass is 365 g/mol. The van der Waals surface area contributed by atoms with Crippen LogP contribution in [0.15, 0.2) is 101 Å². The van der Waals surface area contributed by atoms with Gasteiger partial charge in [0.1, 0.15) is 0 Å². The molecule has 1 aromatic heterocycles. The minimum atomic E-state index is 0.934. The van der Waals surface area contributed by atoms with E-state index in [0.29, 0.717) is 0 Å². The fourth-order valence-corrected chi connectivity index (χ4v) is 4.70. The summed E-state index contributed by atoms with van der Waals surface area (Å²) in [6.07, 6.45) is 9.39. The van der Waals surface area contributed by atoms with Crippen molar-refractivity contribution in [3.05, 3.63) is 102 Å². The Morgan fingerprint density at radius 1 is 0.852 bits per heavy atom. The summed E-state index contributed by atoms with van der Waals surface area (Å²) in [5.41, 5.74) is 6.23. The van der Waals surface area contributed by atoms with Crippen LogP contribution < -0.4 is 0 Å². The molecular weight excluding hydrogens is 346 g/mol. The Labute approximate surface area is 163 Å². The standard InChI is InChI=1S/C25H19NS/c1-17-8-3-2-4-9-18-10-7-12-20(25(18)27-17)19-14-15-24-22(16-19)21-11-5-6-13-23(21)26-24/h2-8,10-16,26H,1,9H2/b4-2-,8-3-. The summed E-state index contributed by atoms with van der Waals surface area (Å²) in [5, 5.41) is 2.54. The summed E-state index contributed by atoms with van der Waals surface area (Å²) in [5.74, 6) is 0. The molecular formula is C25H19NS. The van der Waals surface area contributed by atoms with Gasteiger partial charge in [-0.25, -0.2) is 0 Å². The molecule has 0 saturated heterocycles. The number of hydrogen-bond acceptors (Lipinski definition) is 1. The predicted octanol–water partition coefficient (Wildman–Crippen LogP) is 7.26. The second-order valence-electron chi connectivity index (χ2n) is 6.78. The third kappa shape index (κ3) is 2.92. The van der Waals surface area contributed by atoms with Crippen LogP contribution in [0.25, 0.3) is 32.9 Å². The van der Waals surface area contributed by atoms with Crippen LogP contribution in [0.1, 0.15) is 5.56 Å². The maximum absolute atomic E-state index is 4.21. The second-order valence-corrected chi connectivity index (χ2v) is 7.92. The third-order valence-corrected chi connectivity index (χ3v) is 6.10. The van der Waals surface area contributed by atoms with E-state index >= 15 is 0 Å². The fourth-order valence-electron chi connectivity index (χ4n) is 3.71. The van der Waals surface area contributed by atoms with Gasteiger partial charge in [0.25, 0.3) is 0 Å². The molecule has 27 heavy (non-hydrogen) atoms. The van der Waals surface area contributed by atoms with Gasteiger partial charge in [0, 0.05) is 31.6 Å². The zero-order valence-electron chi connectivity index (χ0n) is 14.9. The van der Waals surface area contributed by atoms with E-state index in [9.17, 15) is 0 Å². The van der Waals surface area contributed by atoms with Gasteiger partial charge in [-0.05, 0) is 47.4 Å². The molecule has 1 aliphatic heterocycles. The number of rotatable bonds is 1. The van der Waals surface area contributed by atoms with Crippen LogP contribution in [-0.4, -0.2) is 4.98 Å². The van der Waals surface area contributed by atoms with Gasteiger partial charge < -0.3 is 4.98 Å². The maximum Gasteiger partial charge on any atom is 0.0465 e. The fraction of sp³-hybridized carbons (Fsp3) is 0.0400. The van der Waals surface area contributed by atoms with Crippen molar-refractivity contribution in [1.82, 2.24) is 4.98 Å². The molecule has 1 nitrogen and oxygen atoms in total. The lowest BCUT2D eigenvalue weighted by molar-refractivity contribution is 1.18. The highest BCUT2D eigenvalue weighted by atomic mass is 32.2. The van der Waals surface area contributed by atoms with Crippen LogP contribution in [-0.2, 0) is 6.42 Å². The van der Waals surface area contributed by atoms with Gasteiger partial charge in [-0.2, -0.15) is 0 Å². The molecule has 1 aliphatic rings. The topological polar surface area (TPSA) is 15.8 Å². The molecule has 0 radical (unpaired) electrons. The number of para-hydroxylation sites is 1. The van der Waals surface area contributed by atoms with E-state index in [2.05, 4.69) is 96.5 Å². The number of fused-ring (bicyclic) bond motifs is 4. The summed E-state index contributed by atoms with van der Waals surface area (Å²) in [4.78, 5) is 5.88. The van der Waals surface area contributed by atoms with Gasteiger partial charge in [0.05, 0.1) is 0 Å². The van der Waals surface area contributed by atoms with E-state index < -0.39 is 0 Å². The van der Waals surface area contributed by atoms with E-state index in [-0.39, 0.29) is 0 Å². The Balaban J connectivity index is 1.72. The molecule has 2 heterocycles. The van der Waals surface area contributed by atoms with E-state index in [1.807, 2.05) is 0 Å². The summed E-state index contributed by atoms with van der Waals surface area (Å²) < 4.78 is 0. The molecule has 0 saturated carbocycles. The van der Waals surface area contributed by atoms with Gasteiger partial charge in [-0.1, -0.05) is 79.0 Å². The first-order chi connectivity index (χ1) is 13.3. The van der Waals surface area contributed by atoms with Crippen molar-refractivity contribution in [2.75, 3.05) is 0 Å². The summed E-state index contributed by atoms with van der Waals surface area (Å²) in [6, 6.07) is 21.8. The van der Waals surface area contributed by atoms with Gasteiger partial charge in [0.2, 0.25) is 0 Å². The van der Waals surface area contributed by atoms with Gasteiger partial charge in [0.15, 0.2) is 0 Å². The number of hydrogen-bond donors (Lipinski definition) is 1. The number of H-pyrrole nitrogens is 1. The smallest absolute Gasteiger partial charge is 0.0465 e. The third-order valence-electron chi connectivity index (χ3n) is 5.01. The number of thioether (sulfide) groups is 1. The molecule has 2 heteroatoms. The van der Waals surface area contributed by atoms with E-state index in [4.69, 9.17) is 0 Å². The van der Waals surface area contributed by atoms with Gasteiger partial charge >= 0.3 is 0 Å². The average Bonchev–Trinajstić information content (AvgIpc) is 3.09. The average molecular weight is 366 g/mol. The summed E-state index contributed by atoms with van der Waals surface area (Å²) >= 11 is 1.76. The van der Waals surface area contributed by atoms with E-state index in [1.165, 1.54) is 43.4 Å². The van der Waals surface area contributed by atoms with Crippen molar-refractivity contribution in [1.29, 1.82) is 0 Å². The van der Waals surface area contributed by atoms with Crippen LogP contribution in [0.5, 0.6) is 0 Å². The zero-order valence-corrected chi connectivity index (χ0v) is 15.7. The van der Waals surface area contributed by atoms with Gasteiger partial charge in [-0.15, -0.1) is 0 Å².